The molecule has 1 aliphatic heterocycles. The molecule has 1 aliphatic rings. The van der Waals surface area contributed by atoms with Gasteiger partial charge in [0.25, 0.3) is 0 Å². The first-order valence-electron chi connectivity index (χ1n) is 8.03. The summed E-state index contributed by atoms with van der Waals surface area (Å²) in [6.07, 6.45) is 4.43. The van der Waals surface area contributed by atoms with Crippen molar-refractivity contribution in [3.8, 4) is 0 Å². The first-order chi connectivity index (χ1) is 11.9. The van der Waals surface area contributed by atoms with Gasteiger partial charge >= 0.3 is 0 Å². The molecule has 0 bridgehead atoms. The zero-order chi connectivity index (χ0) is 18.0. The predicted octanol–water partition coefficient (Wildman–Crippen LogP) is 1.73. The van der Waals surface area contributed by atoms with E-state index in [1.165, 1.54) is 4.31 Å². The van der Waals surface area contributed by atoms with E-state index in [-0.39, 0.29) is 23.1 Å². The number of carbonyl (C=O) groups excluding carboxylic acids is 1. The van der Waals surface area contributed by atoms with E-state index in [0.717, 1.165) is 0 Å². The van der Waals surface area contributed by atoms with E-state index in [2.05, 4.69) is 15.5 Å². The molecule has 0 aliphatic carbocycles. The fraction of sp³-hybridized carbons (Fsp3) is 0.438. The Labute approximate surface area is 146 Å². The number of pyridine rings is 1. The maximum absolute atomic E-state index is 12.9. The topological polar surface area (TPSA) is 105 Å². The lowest BCUT2D eigenvalue weighted by Gasteiger charge is -2.31. The Morgan fingerprint density at radius 1 is 1.40 bits per heavy atom. The summed E-state index contributed by atoms with van der Waals surface area (Å²) in [5.41, 5.74) is 0.928. The average Bonchev–Trinajstić information content (AvgIpc) is 2.95. The molecule has 0 spiro atoms. The van der Waals surface area contributed by atoms with E-state index in [4.69, 9.17) is 4.52 Å². The van der Waals surface area contributed by atoms with Crippen LogP contribution in [0, 0.1) is 19.8 Å². The van der Waals surface area contributed by atoms with Crippen molar-refractivity contribution in [1.29, 1.82) is 0 Å². The molecule has 3 heterocycles. The van der Waals surface area contributed by atoms with E-state index >= 15 is 0 Å². The number of anilines is 1. The van der Waals surface area contributed by atoms with Crippen molar-refractivity contribution in [3.05, 3.63) is 36.0 Å². The Bertz CT molecular complexity index is 844. The summed E-state index contributed by atoms with van der Waals surface area (Å²) in [6, 6.07) is 3.47. The van der Waals surface area contributed by atoms with E-state index in [0.29, 0.717) is 30.8 Å². The fourth-order valence-corrected chi connectivity index (χ4v) is 4.84. The molecule has 1 saturated heterocycles. The molecular formula is C16H20N4O4S. The van der Waals surface area contributed by atoms with Gasteiger partial charge in [0, 0.05) is 19.3 Å². The summed E-state index contributed by atoms with van der Waals surface area (Å²) >= 11 is 0. The van der Waals surface area contributed by atoms with E-state index in [9.17, 15) is 13.2 Å². The van der Waals surface area contributed by atoms with E-state index < -0.39 is 15.9 Å². The lowest BCUT2D eigenvalue weighted by molar-refractivity contribution is -0.120. The molecule has 1 atom stereocenters. The number of aromatic nitrogens is 2. The number of nitrogens with one attached hydrogen (secondary N) is 1. The molecule has 1 amide bonds. The molecule has 0 saturated carbocycles. The Balaban J connectivity index is 1.76. The molecule has 25 heavy (non-hydrogen) atoms. The van der Waals surface area contributed by atoms with Gasteiger partial charge in [-0.3, -0.25) is 9.78 Å². The van der Waals surface area contributed by atoms with Gasteiger partial charge in [-0.25, -0.2) is 8.42 Å². The van der Waals surface area contributed by atoms with Crippen LogP contribution in [0.5, 0.6) is 0 Å². The molecule has 134 valence electrons. The van der Waals surface area contributed by atoms with Crippen molar-refractivity contribution in [2.45, 2.75) is 31.6 Å². The van der Waals surface area contributed by atoms with E-state index in [1.54, 1.807) is 38.4 Å². The maximum atomic E-state index is 12.9. The summed E-state index contributed by atoms with van der Waals surface area (Å²) < 4.78 is 32.1. The maximum Gasteiger partial charge on any atom is 0.248 e. The Morgan fingerprint density at radius 3 is 2.84 bits per heavy atom. The number of amides is 1. The lowest BCUT2D eigenvalue weighted by atomic mass is 9.99. The number of aryl methyl sites for hydroxylation is 2. The summed E-state index contributed by atoms with van der Waals surface area (Å²) in [7, 11) is -3.73. The molecule has 0 aromatic carbocycles. The smallest absolute Gasteiger partial charge is 0.248 e. The van der Waals surface area contributed by atoms with Gasteiger partial charge in [-0.15, -0.1) is 0 Å². The normalized spacial score (nSPS) is 18.9. The van der Waals surface area contributed by atoms with Crippen molar-refractivity contribution in [2.24, 2.45) is 5.92 Å². The van der Waals surface area contributed by atoms with Crippen molar-refractivity contribution >= 4 is 21.6 Å². The van der Waals surface area contributed by atoms with Crippen LogP contribution in [-0.2, 0) is 14.8 Å². The monoisotopic (exact) mass is 364 g/mol. The van der Waals surface area contributed by atoms with Crippen molar-refractivity contribution in [1.82, 2.24) is 14.4 Å². The van der Waals surface area contributed by atoms with Gasteiger partial charge in [-0.1, -0.05) is 5.16 Å². The van der Waals surface area contributed by atoms with Crippen LogP contribution in [0.2, 0.25) is 0 Å². The number of hydrogen-bond acceptors (Lipinski definition) is 6. The third kappa shape index (κ3) is 3.57. The summed E-state index contributed by atoms with van der Waals surface area (Å²) in [5, 5.41) is 6.51. The molecule has 0 radical (unpaired) electrons. The van der Waals surface area contributed by atoms with Gasteiger partial charge < -0.3 is 9.84 Å². The zero-order valence-electron chi connectivity index (χ0n) is 14.1. The Morgan fingerprint density at radius 2 is 2.20 bits per heavy atom. The highest BCUT2D eigenvalue weighted by Crippen LogP contribution is 2.28. The van der Waals surface area contributed by atoms with Crippen LogP contribution >= 0.6 is 0 Å². The summed E-state index contributed by atoms with van der Waals surface area (Å²) in [5.74, 6) is -0.352. The van der Waals surface area contributed by atoms with Crippen LogP contribution in [0.15, 0.2) is 33.9 Å². The molecular weight excluding hydrogens is 344 g/mol. The highest BCUT2D eigenvalue weighted by molar-refractivity contribution is 7.89. The average molecular weight is 364 g/mol. The summed E-state index contributed by atoms with van der Waals surface area (Å²) in [6.45, 7) is 3.69. The number of sulfonamides is 1. The third-order valence-corrected chi connectivity index (χ3v) is 6.36. The minimum Gasteiger partial charge on any atom is -0.360 e. The molecule has 2 aromatic heterocycles. The van der Waals surface area contributed by atoms with Gasteiger partial charge in [0.1, 0.15) is 10.6 Å². The van der Waals surface area contributed by atoms with Crippen molar-refractivity contribution in [2.75, 3.05) is 18.4 Å². The molecule has 1 N–H and O–H groups in total. The standard InChI is InChI=1S/C16H20N4O4S/c1-11-15(12(2)24-19-11)25(22,23)20-8-4-5-13(10-20)16(21)18-14-6-3-7-17-9-14/h3,6-7,9,13H,4-5,8,10H2,1-2H3,(H,18,21)/t13-/m1/s1. The highest BCUT2D eigenvalue weighted by atomic mass is 32.2. The van der Waals surface area contributed by atoms with Gasteiger partial charge in [-0.05, 0) is 38.8 Å². The number of piperidine rings is 1. The molecule has 1 fully saturated rings. The van der Waals surface area contributed by atoms with E-state index in [1.807, 2.05) is 0 Å². The number of hydrogen-bond donors (Lipinski definition) is 1. The van der Waals surface area contributed by atoms with Crippen LogP contribution in [0.25, 0.3) is 0 Å². The predicted molar refractivity (Wildman–Crippen MR) is 90.3 cm³/mol. The lowest BCUT2D eigenvalue weighted by Crippen LogP contribution is -2.43. The second kappa shape index (κ2) is 6.93. The summed E-state index contributed by atoms with van der Waals surface area (Å²) in [4.78, 5) is 16.5. The molecule has 2 aromatic rings. The first kappa shape index (κ1) is 17.6. The highest BCUT2D eigenvalue weighted by Gasteiger charge is 2.36. The minimum atomic E-state index is -3.73. The molecule has 0 unspecified atom stereocenters. The number of nitrogens with zero attached hydrogens (tertiary/aromatic N) is 3. The van der Waals surface area contributed by atoms with Gasteiger partial charge in [0.2, 0.25) is 15.9 Å². The van der Waals surface area contributed by atoms with Crippen LogP contribution in [0.4, 0.5) is 5.69 Å². The van der Waals surface area contributed by atoms with Gasteiger partial charge in [0.05, 0.1) is 17.8 Å². The largest absolute Gasteiger partial charge is 0.360 e. The minimum absolute atomic E-state index is 0.0980. The Kier molecular flexibility index (Phi) is 4.87. The SMILES string of the molecule is Cc1noc(C)c1S(=O)(=O)N1CCC[C@@H](C(=O)Nc2cccnc2)C1. The third-order valence-electron chi connectivity index (χ3n) is 4.25. The molecule has 9 heteroatoms. The van der Waals surface area contributed by atoms with Crippen LogP contribution in [0.3, 0.4) is 0 Å². The fourth-order valence-electron chi connectivity index (χ4n) is 3.03. The van der Waals surface area contributed by atoms with Crippen LogP contribution < -0.4 is 5.32 Å². The van der Waals surface area contributed by atoms with Crippen molar-refractivity contribution < 1.29 is 17.7 Å². The Hall–Kier alpha value is -2.26. The van der Waals surface area contributed by atoms with Crippen molar-refractivity contribution in [3.63, 3.8) is 0 Å². The number of carbonyl (C=O) groups is 1. The zero-order valence-corrected chi connectivity index (χ0v) is 14.9. The van der Waals surface area contributed by atoms with Crippen LogP contribution in [0.1, 0.15) is 24.3 Å². The van der Waals surface area contributed by atoms with Gasteiger partial charge in [-0.2, -0.15) is 4.31 Å². The van der Waals surface area contributed by atoms with Gasteiger partial charge in [0.15, 0.2) is 5.76 Å². The second-order valence-electron chi connectivity index (χ2n) is 6.09. The second-order valence-corrected chi connectivity index (χ2v) is 7.96. The molecule has 8 nitrogen and oxygen atoms in total. The first-order valence-corrected chi connectivity index (χ1v) is 9.47. The number of rotatable bonds is 4. The quantitative estimate of drug-likeness (QED) is 0.886. The molecule has 3 rings (SSSR count). The van der Waals surface area contributed by atoms with Crippen LogP contribution in [-0.4, -0.2) is 41.9 Å².